The molecule has 0 radical (unpaired) electrons. The molecule has 7 heteroatoms. The van der Waals surface area contributed by atoms with Crippen LogP contribution in [0.25, 0.3) is 0 Å². The Kier molecular flexibility index (Phi) is 5.84. The zero-order valence-electron chi connectivity index (χ0n) is 14.6. The van der Waals surface area contributed by atoms with E-state index in [1.54, 1.807) is 24.3 Å². The van der Waals surface area contributed by atoms with E-state index in [1.807, 2.05) is 0 Å². The number of rotatable bonds is 5. The molecule has 0 saturated carbocycles. The van der Waals surface area contributed by atoms with Crippen molar-refractivity contribution in [2.75, 3.05) is 19.0 Å². The number of anilines is 1. The molecular weight excluding hydrogens is 374 g/mol. The van der Waals surface area contributed by atoms with Crippen molar-refractivity contribution >= 4 is 39.8 Å². The molecule has 2 aromatic rings. The minimum absolute atomic E-state index is 0.191. The number of benzene rings is 1. The van der Waals surface area contributed by atoms with Gasteiger partial charge in [-0.05, 0) is 42.9 Å². The van der Waals surface area contributed by atoms with Crippen LogP contribution in [0.1, 0.15) is 34.1 Å². The van der Waals surface area contributed by atoms with Gasteiger partial charge in [-0.3, -0.25) is 4.79 Å². The molecule has 1 N–H and O–H groups in total. The molecule has 0 saturated heterocycles. The number of methoxy groups -OCH3 is 1. The molecule has 0 aliphatic heterocycles. The Morgan fingerprint density at radius 2 is 2.12 bits per heavy atom. The van der Waals surface area contributed by atoms with Gasteiger partial charge in [0.15, 0.2) is 6.61 Å². The molecule has 1 aromatic heterocycles. The van der Waals surface area contributed by atoms with Crippen LogP contribution in [0.3, 0.4) is 0 Å². The van der Waals surface area contributed by atoms with Gasteiger partial charge in [0.2, 0.25) is 0 Å². The van der Waals surface area contributed by atoms with Crippen LogP contribution in [0.5, 0.6) is 5.75 Å². The van der Waals surface area contributed by atoms with Gasteiger partial charge >= 0.3 is 5.97 Å². The number of esters is 1. The number of thiophene rings is 1. The van der Waals surface area contributed by atoms with Crippen LogP contribution in [-0.4, -0.2) is 25.6 Å². The molecule has 3 rings (SSSR count). The SMILES string of the molecule is COC(=O)c1c(NC(=O)COc2ccccc2Cl)sc2c1CC[C@@H](C)C2. The molecule has 26 heavy (non-hydrogen) atoms. The van der Waals surface area contributed by atoms with Crippen LogP contribution < -0.4 is 10.1 Å². The topological polar surface area (TPSA) is 64.6 Å². The van der Waals surface area contributed by atoms with Gasteiger partial charge in [-0.15, -0.1) is 11.3 Å². The van der Waals surface area contributed by atoms with E-state index < -0.39 is 5.97 Å². The van der Waals surface area contributed by atoms with Crippen LogP contribution in [0.4, 0.5) is 5.00 Å². The van der Waals surface area contributed by atoms with Gasteiger partial charge in [0.1, 0.15) is 10.8 Å². The van der Waals surface area contributed by atoms with Crippen molar-refractivity contribution in [1.82, 2.24) is 0 Å². The fraction of sp³-hybridized carbons (Fsp3) is 0.368. The lowest BCUT2D eigenvalue weighted by Gasteiger charge is -2.18. The number of fused-ring (bicyclic) bond motifs is 1. The highest BCUT2D eigenvalue weighted by Crippen LogP contribution is 2.40. The molecule has 1 aromatic carbocycles. The lowest BCUT2D eigenvalue weighted by atomic mass is 9.88. The van der Waals surface area contributed by atoms with Gasteiger partial charge in [0, 0.05) is 4.88 Å². The van der Waals surface area contributed by atoms with Crippen molar-refractivity contribution in [3.8, 4) is 5.75 Å². The fourth-order valence-corrected chi connectivity index (χ4v) is 4.63. The molecule has 0 bridgehead atoms. The van der Waals surface area contributed by atoms with E-state index in [0.717, 1.165) is 29.7 Å². The maximum absolute atomic E-state index is 12.3. The minimum atomic E-state index is -0.417. The fourth-order valence-electron chi connectivity index (χ4n) is 3.02. The third kappa shape index (κ3) is 4.02. The molecule has 0 spiro atoms. The summed E-state index contributed by atoms with van der Waals surface area (Å²) in [6.45, 7) is 2.00. The van der Waals surface area contributed by atoms with Crippen molar-refractivity contribution in [3.05, 3.63) is 45.3 Å². The average molecular weight is 394 g/mol. The third-order valence-corrected chi connectivity index (χ3v) is 5.83. The highest BCUT2D eigenvalue weighted by molar-refractivity contribution is 7.17. The first kappa shape index (κ1) is 18.7. The van der Waals surface area contributed by atoms with Gasteiger partial charge in [0.25, 0.3) is 5.91 Å². The predicted molar refractivity (Wildman–Crippen MR) is 102 cm³/mol. The Morgan fingerprint density at radius 1 is 1.35 bits per heavy atom. The first-order chi connectivity index (χ1) is 12.5. The van der Waals surface area contributed by atoms with Crippen molar-refractivity contribution < 1.29 is 19.1 Å². The van der Waals surface area contributed by atoms with Crippen molar-refractivity contribution in [2.45, 2.75) is 26.2 Å². The van der Waals surface area contributed by atoms with E-state index in [4.69, 9.17) is 21.1 Å². The summed E-state index contributed by atoms with van der Waals surface area (Å²) in [6, 6.07) is 6.96. The summed E-state index contributed by atoms with van der Waals surface area (Å²) >= 11 is 7.47. The maximum Gasteiger partial charge on any atom is 0.341 e. The predicted octanol–water partition coefficient (Wildman–Crippen LogP) is 4.33. The van der Waals surface area contributed by atoms with Crippen LogP contribution in [0.2, 0.25) is 5.02 Å². The summed E-state index contributed by atoms with van der Waals surface area (Å²) < 4.78 is 10.4. The second-order valence-electron chi connectivity index (χ2n) is 6.31. The Bertz CT molecular complexity index is 833. The molecular formula is C19H20ClNO4S. The van der Waals surface area contributed by atoms with Crippen LogP contribution in [0.15, 0.2) is 24.3 Å². The number of carbonyl (C=O) groups excluding carboxylic acids is 2. The number of hydrogen-bond donors (Lipinski definition) is 1. The van der Waals surface area contributed by atoms with E-state index in [-0.39, 0.29) is 12.5 Å². The number of amides is 1. The Morgan fingerprint density at radius 3 is 2.85 bits per heavy atom. The van der Waals surface area contributed by atoms with Crippen molar-refractivity contribution in [1.29, 1.82) is 0 Å². The zero-order chi connectivity index (χ0) is 18.7. The first-order valence-electron chi connectivity index (χ1n) is 8.39. The monoisotopic (exact) mass is 393 g/mol. The molecule has 5 nitrogen and oxygen atoms in total. The van der Waals surface area contributed by atoms with E-state index in [9.17, 15) is 9.59 Å². The smallest absolute Gasteiger partial charge is 0.341 e. The second kappa shape index (κ2) is 8.10. The highest BCUT2D eigenvalue weighted by atomic mass is 35.5. The number of hydrogen-bond acceptors (Lipinski definition) is 5. The van der Waals surface area contributed by atoms with Gasteiger partial charge in [0.05, 0.1) is 17.7 Å². The van der Waals surface area contributed by atoms with E-state index in [1.165, 1.54) is 18.4 Å². The van der Waals surface area contributed by atoms with Crippen LogP contribution in [-0.2, 0) is 22.4 Å². The Hall–Kier alpha value is -2.05. The number of nitrogens with one attached hydrogen (secondary N) is 1. The van der Waals surface area contributed by atoms with Crippen molar-refractivity contribution in [3.63, 3.8) is 0 Å². The molecule has 138 valence electrons. The third-order valence-electron chi connectivity index (χ3n) is 4.35. The quantitative estimate of drug-likeness (QED) is 0.768. The average Bonchev–Trinajstić information content (AvgIpc) is 2.97. The molecule has 1 aliphatic carbocycles. The van der Waals surface area contributed by atoms with Crippen LogP contribution >= 0.6 is 22.9 Å². The molecule has 1 amide bonds. The Labute approximate surface area is 161 Å². The molecule has 0 unspecified atom stereocenters. The number of halogens is 1. The van der Waals surface area contributed by atoms with Crippen molar-refractivity contribution in [2.24, 2.45) is 5.92 Å². The van der Waals surface area contributed by atoms with Gasteiger partial charge in [-0.2, -0.15) is 0 Å². The summed E-state index contributed by atoms with van der Waals surface area (Å²) in [7, 11) is 1.35. The summed E-state index contributed by atoms with van der Waals surface area (Å²) in [4.78, 5) is 25.7. The lowest BCUT2D eigenvalue weighted by Crippen LogP contribution is -2.21. The van der Waals surface area contributed by atoms with E-state index in [0.29, 0.717) is 27.3 Å². The first-order valence-corrected chi connectivity index (χ1v) is 9.59. The molecule has 0 fully saturated rings. The summed E-state index contributed by atoms with van der Waals surface area (Å²) in [6.07, 6.45) is 2.76. The zero-order valence-corrected chi connectivity index (χ0v) is 16.2. The Balaban J connectivity index is 1.75. The number of carbonyl (C=O) groups is 2. The normalized spacial score (nSPS) is 15.9. The summed E-state index contributed by atoms with van der Waals surface area (Å²) in [5, 5.41) is 3.77. The van der Waals surface area contributed by atoms with E-state index >= 15 is 0 Å². The number of ether oxygens (including phenoxy) is 2. The summed E-state index contributed by atoms with van der Waals surface area (Å²) in [5.41, 5.74) is 1.48. The number of para-hydroxylation sites is 1. The molecule has 1 aliphatic rings. The highest BCUT2D eigenvalue weighted by Gasteiger charge is 2.28. The van der Waals surface area contributed by atoms with Gasteiger partial charge in [-0.25, -0.2) is 4.79 Å². The largest absolute Gasteiger partial charge is 0.482 e. The minimum Gasteiger partial charge on any atom is -0.482 e. The lowest BCUT2D eigenvalue weighted by molar-refractivity contribution is -0.118. The van der Waals surface area contributed by atoms with E-state index in [2.05, 4.69) is 12.2 Å². The van der Waals surface area contributed by atoms with Gasteiger partial charge < -0.3 is 14.8 Å². The van der Waals surface area contributed by atoms with Gasteiger partial charge in [-0.1, -0.05) is 30.7 Å². The molecule has 1 atom stereocenters. The molecule has 1 heterocycles. The van der Waals surface area contributed by atoms with Crippen LogP contribution in [0, 0.1) is 5.92 Å². The maximum atomic E-state index is 12.3. The summed E-state index contributed by atoms with van der Waals surface area (Å²) in [5.74, 6) is 0.247. The standard InChI is InChI=1S/C19H20ClNO4S/c1-11-7-8-12-15(9-11)26-18(17(12)19(23)24-2)21-16(22)10-25-14-6-4-3-5-13(14)20/h3-6,11H,7-10H2,1-2H3,(H,21,22)/t11-/m1/s1. The second-order valence-corrected chi connectivity index (χ2v) is 7.83.